The molecule has 15 heavy (non-hydrogen) atoms. The zero-order valence-electron chi connectivity index (χ0n) is 10.1. The van der Waals surface area contributed by atoms with E-state index in [1.165, 1.54) is 24.0 Å². The van der Waals surface area contributed by atoms with Crippen LogP contribution in [0.25, 0.3) is 0 Å². The van der Waals surface area contributed by atoms with E-state index in [9.17, 15) is 0 Å². The van der Waals surface area contributed by atoms with Crippen LogP contribution in [-0.4, -0.2) is 13.7 Å². The molecule has 1 aromatic rings. The van der Waals surface area contributed by atoms with Gasteiger partial charge in [-0.2, -0.15) is 0 Å². The van der Waals surface area contributed by atoms with E-state index in [1.54, 1.807) is 7.11 Å². The van der Waals surface area contributed by atoms with Gasteiger partial charge in [0.1, 0.15) is 0 Å². The first-order chi connectivity index (χ1) is 7.22. The van der Waals surface area contributed by atoms with E-state index in [1.807, 2.05) is 0 Å². The van der Waals surface area contributed by atoms with Crippen molar-refractivity contribution in [3.8, 4) is 0 Å². The maximum atomic E-state index is 5.05. The van der Waals surface area contributed by atoms with Crippen molar-refractivity contribution in [2.24, 2.45) is 5.92 Å². The second kappa shape index (κ2) is 6.62. The molecule has 1 nitrogen and oxygen atoms in total. The summed E-state index contributed by atoms with van der Waals surface area (Å²) in [7, 11) is 1.75. The van der Waals surface area contributed by atoms with Gasteiger partial charge in [-0.05, 0) is 36.3 Å². The van der Waals surface area contributed by atoms with Crippen LogP contribution in [0, 0.1) is 5.92 Å². The smallest absolute Gasteiger partial charge is 0.0502 e. The van der Waals surface area contributed by atoms with Crippen molar-refractivity contribution in [1.82, 2.24) is 0 Å². The second-order valence-corrected chi connectivity index (χ2v) is 4.49. The van der Waals surface area contributed by atoms with E-state index in [-0.39, 0.29) is 0 Å². The van der Waals surface area contributed by atoms with Gasteiger partial charge in [0.2, 0.25) is 0 Å². The fourth-order valence-electron chi connectivity index (χ4n) is 1.55. The molecule has 0 saturated carbocycles. The van der Waals surface area contributed by atoms with E-state index in [4.69, 9.17) is 4.74 Å². The van der Waals surface area contributed by atoms with Gasteiger partial charge in [-0.3, -0.25) is 0 Å². The fraction of sp³-hybridized carbons (Fsp3) is 0.571. The van der Waals surface area contributed by atoms with Crippen LogP contribution in [-0.2, 0) is 17.6 Å². The van der Waals surface area contributed by atoms with Crippen molar-refractivity contribution in [3.63, 3.8) is 0 Å². The number of methoxy groups -OCH3 is 1. The molecular weight excluding hydrogens is 184 g/mol. The quantitative estimate of drug-likeness (QED) is 0.692. The van der Waals surface area contributed by atoms with Crippen LogP contribution in [0.3, 0.4) is 0 Å². The van der Waals surface area contributed by atoms with Gasteiger partial charge < -0.3 is 4.74 Å². The fourth-order valence-corrected chi connectivity index (χ4v) is 1.55. The van der Waals surface area contributed by atoms with E-state index < -0.39 is 0 Å². The number of hydrogen-bond donors (Lipinski definition) is 0. The third-order valence-electron chi connectivity index (χ3n) is 2.63. The van der Waals surface area contributed by atoms with E-state index >= 15 is 0 Å². The Kier molecular flexibility index (Phi) is 5.41. The molecule has 0 aliphatic carbocycles. The maximum absolute atomic E-state index is 5.05. The Morgan fingerprint density at radius 1 is 1.00 bits per heavy atom. The summed E-state index contributed by atoms with van der Waals surface area (Å²) in [5.74, 6) is 0.790. The van der Waals surface area contributed by atoms with Crippen LogP contribution in [0.5, 0.6) is 0 Å². The summed E-state index contributed by atoms with van der Waals surface area (Å²) in [4.78, 5) is 0. The van der Waals surface area contributed by atoms with Crippen molar-refractivity contribution < 1.29 is 4.74 Å². The van der Waals surface area contributed by atoms with Crippen LogP contribution >= 0.6 is 0 Å². The molecule has 0 fully saturated rings. The average molecular weight is 206 g/mol. The van der Waals surface area contributed by atoms with Crippen LogP contribution in [0.4, 0.5) is 0 Å². The predicted molar refractivity (Wildman–Crippen MR) is 65.2 cm³/mol. The van der Waals surface area contributed by atoms with Crippen molar-refractivity contribution >= 4 is 0 Å². The van der Waals surface area contributed by atoms with Crippen LogP contribution < -0.4 is 0 Å². The highest BCUT2D eigenvalue weighted by molar-refractivity contribution is 5.22. The zero-order chi connectivity index (χ0) is 11.1. The highest BCUT2D eigenvalue weighted by atomic mass is 16.5. The number of rotatable bonds is 6. The topological polar surface area (TPSA) is 9.23 Å². The van der Waals surface area contributed by atoms with Crippen LogP contribution in [0.15, 0.2) is 24.3 Å². The number of benzene rings is 1. The first-order valence-corrected chi connectivity index (χ1v) is 5.79. The molecular formula is C14H22O. The van der Waals surface area contributed by atoms with Crippen LogP contribution in [0.2, 0.25) is 0 Å². The Morgan fingerprint density at radius 2 is 1.53 bits per heavy atom. The summed E-state index contributed by atoms with van der Waals surface area (Å²) in [6.45, 7) is 5.35. The molecule has 0 spiro atoms. The standard InChI is InChI=1S/C14H22O/c1-12(2)4-5-13-6-8-14(9-7-13)10-11-15-3/h6-9,12H,4-5,10-11H2,1-3H3. The first kappa shape index (κ1) is 12.3. The molecule has 0 aromatic heterocycles. The van der Waals surface area contributed by atoms with Gasteiger partial charge in [0.05, 0.1) is 6.61 Å². The molecule has 0 amide bonds. The van der Waals surface area contributed by atoms with E-state index in [0.29, 0.717) is 0 Å². The third kappa shape index (κ3) is 4.98. The molecule has 0 aliphatic rings. The molecule has 0 N–H and O–H groups in total. The van der Waals surface area contributed by atoms with Gasteiger partial charge in [0, 0.05) is 7.11 Å². The molecule has 0 bridgehead atoms. The Morgan fingerprint density at radius 3 is 2.00 bits per heavy atom. The lowest BCUT2D eigenvalue weighted by atomic mass is 10.0. The minimum atomic E-state index is 0.790. The number of aryl methyl sites for hydroxylation is 1. The molecule has 0 aliphatic heterocycles. The molecule has 0 radical (unpaired) electrons. The van der Waals surface area contributed by atoms with Crippen molar-refractivity contribution in [1.29, 1.82) is 0 Å². The predicted octanol–water partition coefficient (Wildman–Crippen LogP) is 3.46. The highest BCUT2D eigenvalue weighted by Gasteiger charge is 1.97. The number of hydrogen-bond acceptors (Lipinski definition) is 1. The van der Waals surface area contributed by atoms with E-state index in [2.05, 4.69) is 38.1 Å². The minimum Gasteiger partial charge on any atom is -0.384 e. The summed E-state index contributed by atoms with van der Waals surface area (Å²) in [5, 5.41) is 0. The van der Waals surface area contributed by atoms with Crippen molar-refractivity contribution in [2.45, 2.75) is 33.1 Å². The minimum absolute atomic E-state index is 0.790. The first-order valence-electron chi connectivity index (χ1n) is 5.79. The molecule has 0 unspecified atom stereocenters. The summed E-state index contributed by atoms with van der Waals surface area (Å²) in [6.07, 6.45) is 3.49. The van der Waals surface area contributed by atoms with Crippen molar-refractivity contribution in [3.05, 3.63) is 35.4 Å². The third-order valence-corrected chi connectivity index (χ3v) is 2.63. The summed E-state index contributed by atoms with van der Waals surface area (Å²) in [6, 6.07) is 8.92. The Hall–Kier alpha value is -0.820. The summed E-state index contributed by atoms with van der Waals surface area (Å²) < 4.78 is 5.05. The van der Waals surface area contributed by atoms with Gasteiger partial charge in [0.25, 0.3) is 0 Å². The lowest BCUT2D eigenvalue weighted by molar-refractivity contribution is 0.202. The molecule has 0 saturated heterocycles. The molecule has 1 heteroatoms. The van der Waals surface area contributed by atoms with Gasteiger partial charge >= 0.3 is 0 Å². The van der Waals surface area contributed by atoms with Gasteiger partial charge in [-0.25, -0.2) is 0 Å². The summed E-state index contributed by atoms with van der Waals surface area (Å²) >= 11 is 0. The molecule has 1 aromatic carbocycles. The largest absolute Gasteiger partial charge is 0.384 e. The maximum Gasteiger partial charge on any atom is 0.0502 e. The van der Waals surface area contributed by atoms with Gasteiger partial charge in [-0.1, -0.05) is 38.1 Å². The Bertz CT molecular complexity index is 261. The molecule has 1 rings (SSSR count). The molecule has 0 atom stereocenters. The zero-order valence-corrected chi connectivity index (χ0v) is 10.1. The molecule has 84 valence electrons. The van der Waals surface area contributed by atoms with Crippen molar-refractivity contribution in [2.75, 3.05) is 13.7 Å². The molecule has 0 heterocycles. The van der Waals surface area contributed by atoms with E-state index in [0.717, 1.165) is 18.9 Å². The monoisotopic (exact) mass is 206 g/mol. The van der Waals surface area contributed by atoms with Gasteiger partial charge in [0.15, 0.2) is 0 Å². The number of ether oxygens (including phenoxy) is 1. The Balaban J connectivity index is 2.41. The normalized spacial score (nSPS) is 10.9. The average Bonchev–Trinajstić information content (AvgIpc) is 2.25. The lowest BCUT2D eigenvalue weighted by Gasteiger charge is -2.06. The lowest BCUT2D eigenvalue weighted by Crippen LogP contribution is -1.95. The second-order valence-electron chi connectivity index (χ2n) is 4.49. The van der Waals surface area contributed by atoms with Gasteiger partial charge in [-0.15, -0.1) is 0 Å². The summed E-state index contributed by atoms with van der Waals surface area (Å²) in [5.41, 5.74) is 2.81. The SMILES string of the molecule is COCCc1ccc(CCC(C)C)cc1. The van der Waals surface area contributed by atoms with Crippen LogP contribution in [0.1, 0.15) is 31.4 Å². The highest BCUT2D eigenvalue weighted by Crippen LogP contribution is 2.10. The Labute approximate surface area is 93.5 Å².